The number of hydrogen-bond donors (Lipinski definition) is 2. The lowest BCUT2D eigenvalue weighted by Crippen LogP contribution is -2.50. The Morgan fingerprint density at radius 1 is 1.34 bits per heavy atom. The van der Waals surface area contributed by atoms with Crippen LogP contribution in [0.2, 0.25) is 5.02 Å². The highest BCUT2D eigenvalue weighted by Gasteiger charge is 2.57. The lowest BCUT2D eigenvalue weighted by Gasteiger charge is -2.40. The first kappa shape index (κ1) is 26.6. The topological polar surface area (TPSA) is 104 Å². The molecule has 38 heavy (non-hydrogen) atoms. The lowest BCUT2D eigenvalue weighted by atomic mass is 9.87. The number of fused-ring (bicyclic) bond motifs is 2. The van der Waals surface area contributed by atoms with Crippen LogP contribution < -0.4 is 5.32 Å². The number of carbonyl (C=O) groups is 2. The second-order valence-corrected chi connectivity index (χ2v) is 10.9. The van der Waals surface area contributed by atoms with Crippen molar-refractivity contribution < 1.29 is 32.6 Å². The van der Waals surface area contributed by atoms with E-state index >= 15 is 8.78 Å². The van der Waals surface area contributed by atoms with Gasteiger partial charge in [-0.3, -0.25) is 14.7 Å². The van der Waals surface area contributed by atoms with Gasteiger partial charge in [0.2, 0.25) is 0 Å². The van der Waals surface area contributed by atoms with Crippen LogP contribution in [0.5, 0.6) is 0 Å². The average Bonchev–Trinajstić information content (AvgIpc) is 3.43. The molecule has 0 spiro atoms. The fraction of sp³-hybridized carbons (Fsp3) is 0.440. The van der Waals surface area contributed by atoms with Crippen molar-refractivity contribution in [3.05, 3.63) is 62.5 Å². The number of carbonyl (C=O) groups excluding carboxylic acids is 1. The van der Waals surface area contributed by atoms with Gasteiger partial charge in [-0.2, -0.15) is 0 Å². The Labute approximate surface area is 225 Å². The molecule has 0 saturated carbocycles. The Balaban J connectivity index is 1.57. The molecule has 2 N–H and O–H groups in total. The molecule has 13 heteroatoms. The van der Waals surface area contributed by atoms with Gasteiger partial charge in [0.05, 0.1) is 18.7 Å². The molecule has 0 aliphatic carbocycles. The summed E-state index contributed by atoms with van der Waals surface area (Å²) in [4.78, 5) is 34.9. The monoisotopic (exact) mass is 568 g/mol. The zero-order chi connectivity index (χ0) is 27.2. The van der Waals surface area contributed by atoms with Crippen LogP contribution in [0, 0.1) is 11.7 Å². The van der Waals surface area contributed by atoms with E-state index in [0.717, 1.165) is 6.07 Å². The number of nitrogens with one attached hydrogen (secondary N) is 1. The maximum atomic E-state index is 15.1. The summed E-state index contributed by atoms with van der Waals surface area (Å²) in [7, 11) is 1.20. The lowest BCUT2D eigenvalue weighted by molar-refractivity contribution is -0.139. The van der Waals surface area contributed by atoms with Crippen molar-refractivity contribution in [2.24, 2.45) is 10.9 Å². The number of amidine groups is 1. The summed E-state index contributed by atoms with van der Waals surface area (Å²) < 4.78 is 49.0. The molecule has 5 rings (SSSR count). The molecule has 2 fully saturated rings. The van der Waals surface area contributed by atoms with Crippen molar-refractivity contribution in [3.8, 4) is 0 Å². The van der Waals surface area contributed by atoms with Crippen molar-refractivity contribution >= 4 is 40.7 Å². The van der Waals surface area contributed by atoms with E-state index in [2.05, 4.69) is 15.3 Å². The number of carboxylic acid groups (broad SMARTS) is 1. The van der Waals surface area contributed by atoms with Gasteiger partial charge in [0.1, 0.15) is 11.9 Å². The Hall–Kier alpha value is -2.96. The van der Waals surface area contributed by atoms with Gasteiger partial charge in [-0.15, -0.1) is 11.3 Å². The fourth-order valence-corrected chi connectivity index (χ4v) is 6.55. The van der Waals surface area contributed by atoms with Crippen LogP contribution in [-0.2, 0) is 14.3 Å². The largest absolute Gasteiger partial charge is 0.481 e. The highest BCUT2D eigenvalue weighted by atomic mass is 35.5. The molecule has 1 unspecified atom stereocenters. The average molecular weight is 569 g/mol. The first-order valence-corrected chi connectivity index (χ1v) is 13.2. The van der Waals surface area contributed by atoms with E-state index in [9.17, 15) is 19.1 Å². The van der Waals surface area contributed by atoms with Crippen LogP contribution in [0.3, 0.4) is 0 Å². The quantitative estimate of drug-likeness (QED) is 0.477. The van der Waals surface area contributed by atoms with E-state index in [1.165, 1.54) is 30.6 Å². The predicted octanol–water partition coefficient (Wildman–Crippen LogP) is 4.42. The summed E-state index contributed by atoms with van der Waals surface area (Å²) in [6.07, 6.45) is 1.35. The number of methoxy groups -OCH3 is 1. The molecular formula is C25H24ClF3N4O4S. The number of aliphatic imine (C=N–C) groups is 1. The number of rotatable bonds is 7. The minimum Gasteiger partial charge on any atom is -0.481 e. The van der Waals surface area contributed by atoms with E-state index in [0.29, 0.717) is 28.5 Å². The Kier molecular flexibility index (Phi) is 7.23. The third-order valence-electron chi connectivity index (χ3n) is 7.25. The van der Waals surface area contributed by atoms with Crippen LogP contribution >= 0.6 is 22.9 Å². The first-order valence-electron chi connectivity index (χ1n) is 11.9. The van der Waals surface area contributed by atoms with Crippen LogP contribution in [-0.4, -0.2) is 64.4 Å². The van der Waals surface area contributed by atoms with Crippen LogP contribution in [0.1, 0.15) is 42.3 Å². The van der Waals surface area contributed by atoms with Crippen LogP contribution in [0.25, 0.3) is 0 Å². The number of hydrogen-bond acceptors (Lipinski definition) is 8. The predicted molar refractivity (Wildman–Crippen MR) is 134 cm³/mol. The molecule has 8 nitrogen and oxygen atoms in total. The van der Waals surface area contributed by atoms with Crippen molar-refractivity contribution in [1.29, 1.82) is 0 Å². The number of esters is 1. The van der Waals surface area contributed by atoms with Gasteiger partial charge in [-0.05, 0) is 30.9 Å². The Morgan fingerprint density at radius 2 is 2.13 bits per heavy atom. The number of aromatic nitrogens is 1. The zero-order valence-electron chi connectivity index (χ0n) is 20.2. The third-order valence-corrected chi connectivity index (χ3v) is 8.36. The molecule has 4 heterocycles. The molecule has 2 saturated heterocycles. The molecule has 2 aromatic rings. The van der Waals surface area contributed by atoms with Gasteiger partial charge in [0.15, 0.2) is 10.8 Å². The highest BCUT2D eigenvalue weighted by Crippen LogP contribution is 2.49. The van der Waals surface area contributed by atoms with Crippen molar-refractivity contribution in [3.63, 3.8) is 0 Å². The van der Waals surface area contributed by atoms with Gasteiger partial charge in [0, 0.05) is 53.3 Å². The van der Waals surface area contributed by atoms with Crippen molar-refractivity contribution in [2.45, 2.75) is 49.7 Å². The van der Waals surface area contributed by atoms with E-state index in [1.807, 2.05) is 0 Å². The summed E-state index contributed by atoms with van der Waals surface area (Å²) in [6.45, 7) is -0.0607. The molecule has 2 bridgehead atoms. The maximum Gasteiger partial charge on any atom is 0.338 e. The number of piperidine rings is 1. The van der Waals surface area contributed by atoms with Gasteiger partial charge in [-0.1, -0.05) is 17.7 Å². The molecule has 1 aromatic carbocycles. The number of carboxylic acids is 1. The molecule has 0 radical (unpaired) electrons. The molecule has 202 valence electrons. The summed E-state index contributed by atoms with van der Waals surface area (Å²) >= 11 is 7.66. The van der Waals surface area contributed by atoms with Gasteiger partial charge in [-0.25, -0.2) is 22.9 Å². The number of aliphatic carboxylic acids is 1. The van der Waals surface area contributed by atoms with Gasteiger partial charge >= 0.3 is 11.9 Å². The summed E-state index contributed by atoms with van der Waals surface area (Å²) in [6, 6.07) is 0.968. The third kappa shape index (κ3) is 5.04. The van der Waals surface area contributed by atoms with Crippen molar-refractivity contribution in [2.75, 3.05) is 13.7 Å². The molecule has 3 aliphatic heterocycles. The van der Waals surface area contributed by atoms with Crippen molar-refractivity contribution in [1.82, 2.24) is 15.2 Å². The molecule has 4 atom stereocenters. The van der Waals surface area contributed by atoms with E-state index in [1.54, 1.807) is 16.5 Å². The summed E-state index contributed by atoms with van der Waals surface area (Å²) in [5.41, 5.74) is 0.707. The first-order chi connectivity index (χ1) is 18.1. The summed E-state index contributed by atoms with van der Waals surface area (Å²) in [5, 5.41) is 14.6. The zero-order valence-corrected chi connectivity index (χ0v) is 21.7. The fourth-order valence-electron chi connectivity index (χ4n) is 5.69. The van der Waals surface area contributed by atoms with E-state index < -0.39 is 48.2 Å². The van der Waals surface area contributed by atoms with Crippen LogP contribution in [0.15, 0.2) is 46.0 Å². The van der Waals surface area contributed by atoms with Crippen LogP contribution in [0.4, 0.5) is 13.2 Å². The molecule has 3 aliphatic rings. The number of ether oxygens (including phenoxy) is 1. The Morgan fingerprint density at radius 3 is 2.76 bits per heavy atom. The minimum atomic E-state index is -3.01. The SMILES string of the molecule is COC(=O)C1=C(CN2[C@@H]3CC(CC(=O)O)C[C@H]2C(F)(F)C3)NC(c2nccs2)=N[C@H]1c1ccc(F)cc1Cl. The number of halogens is 4. The van der Waals surface area contributed by atoms with Gasteiger partial charge < -0.3 is 15.2 Å². The normalized spacial score (nSPS) is 26.6. The van der Waals surface area contributed by atoms with Gasteiger partial charge in [0.25, 0.3) is 5.92 Å². The molecular weight excluding hydrogens is 545 g/mol. The number of thiazole rings is 1. The second kappa shape index (κ2) is 10.3. The smallest absolute Gasteiger partial charge is 0.338 e. The second-order valence-electron chi connectivity index (χ2n) is 9.63. The Bertz CT molecular complexity index is 1320. The number of alkyl halides is 2. The van der Waals surface area contributed by atoms with E-state index in [-0.39, 0.29) is 35.9 Å². The maximum absolute atomic E-state index is 15.1. The number of nitrogens with zero attached hydrogens (tertiary/aromatic N) is 3. The number of benzene rings is 1. The highest BCUT2D eigenvalue weighted by molar-refractivity contribution is 7.11. The molecule has 0 amide bonds. The minimum absolute atomic E-state index is 0.0251. The molecule has 1 aromatic heterocycles. The van der Waals surface area contributed by atoms with E-state index in [4.69, 9.17) is 16.3 Å². The summed E-state index contributed by atoms with van der Waals surface area (Å²) in [5.74, 6) is -5.38. The standard InChI is InChI=1S/C25H24ClF3N4O4S/c1-37-24(36)20-17(11-33-14-6-12(8-19(34)35)7-18(33)25(28,29)10-14)31-22(23-30-4-5-38-23)32-21(20)15-3-2-13(27)9-16(15)26/h2-5,9,12,14,18,21H,6-8,10-11H2,1H3,(H,31,32)(H,34,35)/t12?,14-,18+,21+/m1/s1.